The minimum atomic E-state index is -5.76. The van der Waals surface area contributed by atoms with Gasteiger partial charge in [-0.25, -0.2) is 28.6 Å². The molecule has 0 bridgehead atoms. The first-order chi connectivity index (χ1) is 15.4. The van der Waals surface area contributed by atoms with Gasteiger partial charge in [-0.3, -0.25) is 9.09 Å². The number of phosphoric ester groups is 1. The number of hydrogen-bond donors (Lipinski definition) is 7. The molecule has 0 saturated carbocycles. The Morgan fingerprint density at radius 3 is 2.15 bits per heavy atom. The van der Waals surface area contributed by atoms with Crippen LogP contribution < -0.4 is 5.73 Å². The van der Waals surface area contributed by atoms with Crippen LogP contribution in [-0.2, 0) is 31.6 Å². The Hall–Kier alpha value is -1.36. The van der Waals surface area contributed by atoms with E-state index < -0.39 is 54.1 Å². The van der Waals surface area contributed by atoms with E-state index in [1.807, 2.05) is 0 Å². The van der Waals surface area contributed by atoms with Gasteiger partial charge in [0.05, 0.1) is 18.5 Å². The maximum atomic E-state index is 12.1. The van der Waals surface area contributed by atoms with Gasteiger partial charge in [-0.15, -0.1) is 0 Å². The van der Waals surface area contributed by atoms with Gasteiger partial charge < -0.3 is 40.3 Å². The fourth-order valence-corrected chi connectivity index (χ4v) is 5.94. The van der Waals surface area contributed by atoms with E-state index in [0.29, 0.717) is 0 Å². The number of nitrogens with zero attached hydrogens (tertiary/aromatic N) is 4. The highest BCUT2D eigenvalue weighted by Crippen LogP contribution is 2.66. The molecule has 0 aliphatic heterocycles. The predicted octanol–water partition coefficient (Wildman–Crippen LogP) is -0.214. The lowest BCUT2D eigenvalue weighted by Gasteiger charge is -2.33. The molecule has 2 aromatic heterocycles. The van der Waals surface area contributed by atoms with E-state index in [2.05, 4.69) is 23.6 Å². The van der Waals surface area contributed by atoms with E-state index in [9.17, 15) is 33.7 Å². The van der Waals surface area contributed by atoms with E-state index in [1.54, 1.807) is 0 Å². The molecule has 2 heterocycles. The van der Waals surface area contributed by atoms with Crippen LogP contribution in [0.4, 0.5) is 5.82 Å². The van der Waals surface area contributed by atoms with Gasteiger partial charge in [-0.1, -0.05) is 0 Å². The molecule has 2 rings (SSSR count). The van der Waals surface area contributed by atoms with Gasteiger partial charge in [0, 0.05) is 0 Å². The molecule has 18 nitrogen and oxygen atoms in total. The second-order valence-electron chi connectivity index (χ2n) is 6.92. The van der Waals surface area contributed by atoms with Crippen molar-refractivity contribution in [1.29, 1.82) is 0 Å². The van der Waals surface area contributed by atoms with E-state index in [-0.39, 0.29) is 17.0 Å². The summed E-state index contributed by atoms with van der Waals surface area (Å²) in [7, 11) is -16.9. The third-order valence-electron chi connectivity index (χ3n) is 4.14. The van der Waals surface area contributed by atoms with Crippen LogP contribution in [-0.4, -0.2) is 73.7 Å². The number of anilines is 1. The number of phosphoric acid groups is 3. The molecule has 21 heteroatoms. The van der Waals surface area contributed by atoms with Gasteiger partial charge in [0.15, 0.2) is 11.5 Å². The van der Waals surface area contributed by atoms with Crippen molar-refractivity contribution in [3.8, 4) is 0 Å². The molecule has 0 saturated heterocycles. The first kappa shape index (κ1) is 28.9. The normalized spacial score (nSPS) is 20.7. The van der Waals surface area contributed by atoms with Gasteiger partial charge in [-0.05, 0) is 20.8 Å². The van der Waals surface area contributed by atoms with Crippen molar-refractivity contribution in [2.75, 3.05) is 5.73 Å². The highest BCUT2D eigenvalue weighted by molar-refractivity contribution is 7.66. The molecule has 2 aromatic rings. The zero-order chi connectivity index (χ0) is 26.1. The van der Waals surface area contributed by atoms with Crippen molar-refractivity contribution in [2.24, 2.45) is 0 Å². The maximum Gasteiger partial charge on any atom is 0.490 e. The van der Waals surface area contributed by atoms with Crippen molar-refractivity contribution in [1.82, 2.24) is 19.5 Å². The summed E-state index contributed by atoms with van der Waals surface area (Å²) in [6, 6.07) is 0. The summed E-state index contributed by atoms with van der Waals surface area (Å²) in [5.41, 5.74) is 6.21. The Morgan fingerprint density at radius 1 is 0.971 bits per heavy atom. The number of ether oxygens (including phenoxy) is 1. The monoisotopic (exact) mass is 551 g/mol. The van der Waals surface area contributed by atoms with Crippen LogP contribution in [0.2, 0.25) is 0 Å². The average Bonchev–Trinajstić information content (AvgIpc) is 3.07. The number of nitrogens with two attached hydrogens (primary N) is 1. The summed E-state index contributed by atoms with van der Waals surface area (Å²) in [5, 5.41) is 20.2. The number of rotatable bonds is 12. The first-order valence-electron chi connectivity index (χ1n) is 9.19. The Morgan fingerprint density at radius 2 is 1.59 bits per heavy atom. The Labute approximate surface area is 191 Å². The molecule has 0 amide bonds. The summed E-state index contributed by atoms with van der Waals surface area (Å²) in [6.07, 6.45) is -4.89. The van der Waals surface area contributed by atoms with Gasteiger partial charge in [0.1, 0.15) is 30.3 Å². The molecule has 8 N–H and O–H groups in total. The first-order valence-corrected chi connectivity index (χ1v) is 13.7. The van der Waals surface area contributed by atoms with Crippen LogP contribution in [0, 0.1) is 0 Å². The quantitative estimate of drug-likeness (QED) is 0.168. The minimum Gasteiger partial charge on any atom is -0.391 e. The van der Waals surface area contributed by atoms with E-state index in [0.717, 1.165) is 6.92 Å². The van der Waals surface area contributed by atoms with Gasteiger partial charge in [0.25, 0.3) is 0 Å². The van der Waals surface area contributed by atoms with Crippen molar-refractivity contribution in [3.63, 3.8) is 0 Å². The minimum absolute atomic E-state index is 0.0811. The fraction of sp³-hybridized carbons (Fsp3) is 0.615. The van der Waals surface area contributed by atoms with Crippen LogP contribution in [0.3, 0.4) is 0 Å². The molecule has 0 radical (unpaired) electrons. The van der Waals surface area contributed by atoms with Crippen molar-refractivity contribution < 1.29 is 61.4 Å². The average molecular weight is 551 g/mol. The molecule has 5 unspecified atom stereocenters. The van der Waals surface area contributed by atoms with Crippen LogP contribution >= 0.6 is 23.5 Å². The summed E-state index contributed by atoms with van der Waals surface area (Å²) in [4.78, 5) is 48.1. The molecular weight excluding hydrogens is 527 g/mol. The van der Waals surface area contributed by atoms with E-state index >= 15 is 0 Å². The van der Waals surface area contributed by atoms with Crippen LogP contribution in [0.5, 0.6) is 0 Å². The molecule has 0 aliphatic rings. The van der Waals surface area contributed by atoms with Gasteiger partial charge >= 0.3 is 23.5 Å². The number of aliphatic hydroxyl groups is 2. The smallest absolute Gasteiger partial charge is 0.391 e. The second-order valence-corrected chi connectivity index (χ2v) is 11.3. The highest BCUT2D eigenvalue weighted by atomic mass is 31.3. The summed E-state index contributed by atoms with van der Waals surface area (Å²) in [5.74, 6) is 0.0811. The predicted molar refractivity (Wildman–Crippen MR) is 111 cm³/mol. The van der Waals surface area contributed by atoms with Crippen LogP contribution in [0.25, 0.3) is 11.2 Å². The lowest BCUT2D eigenvalue weighted by molar-refractivity contribution is -0.159. The summed E-state index contributed by atoms with van der Waals surface area (Å²) < 4.78 is 53.5. The number of nitrogen functional groups attached to an aromatic ring is 1. The Kier molecular flexibility index (Phi) is 9.10. The zero-order valence-corrected chi connectivity index (χ0v) is 20.5. The number of aromatic nitrogens is 4. The number of imidazole rings is 1. The number of fused-ring (bicyclic) bond motifs is 1. The largest absolute Gasteiger partial charge is 0.490 e. The van der Waals surface area contributed by atoms with E-state index in [1.165, 1.54) is 31.1 Å². The zero-order valence-electron chi connectivity index (χ0n) is 17.8. The lowest BCUT2D eigenvalue weighted by atomic mass is 10.1. The lowest BCUT2D eigenvalue weighted by Crippen LogP contribution is -2.45. The van der Waals surface area contributed by atoms with Crippen molar-refractivity contribution in [3.05, 3.63) is 12.7 Å². The van der Waals surface area contributed by atoms with Gasteiger partial charge in [0.2, 0.25) is 0 Å². The molecule has 194 valence electrons. The Bertz CT molecular complexity index is 1140. The number of aliphatic hydroxyl groups excluding tert-OH is 2. The summed E-state index contributed by atoms with van der Waals surface area (Å²) >= 11 is 0. The third kappa shape index (κ3) is 7.83. The van der Waals surface area contributed by atoms with Gasteiger partial charge in [-0.2, -0.15) is 8.62 Å². The Balaban J connectivity index is 2.24. The second kappa shape index (κ2) is 10.7. The number of hydrogen-bond acceptors (Lipinski definition) is 13. The van der Waals surface area contributed by atoms with Crippen molar-refractivity contribution in [2.45, 2.75) is 51.4 Å². The van der Waals surface area contributed by atoms with Crippen LogP contribution in [0.1, 0.15) is 27.0 Å². The van der Waals surface area contributed by atoms with Crippen molar-refractivity contribution >= 4 is 40.4 Å². The van der Waals surface area contributed by atoms with E-state index in [4.69, 9.17) is 24.8 Å². The molecule has 7 atom stereocenters. The molecular formula is C13H24N5O13P3. The fourth-order valence-electron chi connectivity index (χ4n) is 2.74. The molecule has 0 spiro atoms. The topological polar surface area (TPSA) is 279 Å². The highest BCUT2D eigenvalue weighted by Gasteiger charge is 2.43. The standard InChI is InChI=1S/C13H24N5O13P3/c1-6(19)10(20)11(7(2)29-33(24,25)31-34(26,27)30-32(21,22)23)28-8(3)18-5-17-9-12(14)15-4-16-13(9)18/h4-8,10-11,19-20H,1-3H3,(H,24,25)(H,26,27)(H2,14,15,16)(H2,21,22,23)/t6-,7+,8?,10?,11?/m1/s1. The molecule has 0 aliphatic carbocycles. The summed E-state index contributed by atoms with van der Waals surface area (Å²) in [6.45, 7) is 3.75. The van der Waals surface area contributed by atoms with Crippen LogP contribution in [0.15, 0.2) is 12.7 Å². The third-order valence-corrected chi connectivity index (χ3v) is 8.07. The maximum absolute atomic E-state index is 12.1. The SMILES string of the molecule is CC(OC(C(O)[C@@H](C)O)[C@H](C)OP(=O)(O)OP(=O)(O)OP(=O)(O)O)n1cnc2c(N)ncnc21. The molecule has 0 aromatic carbocycles. The molecule has 34 heavy (non-hydrogen) atoms. The molecule has 0 fully saturated rings.